The van der Waals surface area contributed by atoms with Crippen molar-refractivity contribution in [2.75, 3.05) is 13.2 Å². The summed E-state index contributed by atoms with van der Waals surface area (Å²) in [7, 11) is 0. The Morgan fingerprint density at radius 3 is 3.08 bits per heavy atom. The predicted molar refractivity (Wildman–Crippen MR) is 44.6 cm³/mol. The molecule has 68 valence electrons. The van der Waals surface area contributed by atoms with E-state index >= 15 is 0 Å². The molecule has 3 atom stereocenters. The van der Waals surface area contributed by atoms with Crippen molar-refractivity contribution in [2.45, 2.75) is 31.7 Å². The number of rotatable bonds is 3. The lowest BCUT2D eigenvalue weighted by Crippen LogP contribution is -2.27. The van der Waals surface area contributed by atoms with Crippen molar-refractivity contribution in [1.82, 2.24) is 0 Å². The zero-order valence-electron chi connectivity index (χ0n) is 7.19. The number of terminal acetylenes is 1. The first-order chi connectivity index (χ1) is 5.77. The van der Waals surface area contributed by atoms with E-state index in [-0.39, 0.29) is 31.5 Å². The van der Waals surface area contributed by atoms with E-state index in [4.69, 9.17) is 21.0 Å². The maximum Gasteiger partial charge on any atom is 0.107 e. The van der Waals surface area contributed by atoms with E-state index in [0.29, 0.717) is 0 Å². The molecule has 1 heterocycles. The van der Waals surface area contributed by atoms with Crippen molar-refractivity contribution in [3.63, 3.8) is 0 Å². The van der Waals surface area contributed by atoms with Gasteiger partial charge in [-0.1, -0.05) is 5.92 Å². The minimum atomic E-state index is -0.201. The molecule has 12 heavy (non-hydrogen) atoms. The number of ether oxygens (including phenoxy) is 2. The van der Waals surface area contributed by atoms with Crippen molar-refractivity contribution < 1.29 is 14.6 Å². The highest BCUT2D eigenvalue weighted by Crippen LogP contribution is 2.22. The summed E-state index contributed by atoms with van der Waals surface area (Å²) in [6.07, 6.45) is 5.78. The van der Waals surface area contributed by atoms with Gasteiger partial charge in [0, 0.05) is 6.42 Å². The van der Waals surface area contributed by atoms with Gasteiger partial charge in [-0.05, 0) is 6.92 Å². The van der Waals surface area contributed by atoms with Crippen LogP contribution in [0.2, 0.25) is 0 Å². The Balaban J connectivity index is 2.36. The topological polar surface area (TPSA) is 38.7 Å². The molecule has 1 rings (SSSR count). The van der Waals surface area contributed by atoms with E-state index in [1.807, 2.05) is 6.92 Å². The van der Waals surface area contributed by atoms with Gasteiger partial charge in [0.15, 0.2) is 0 Å². The molecular formula is C9H14O3. The Labute approximate surface area is 72.7 Å². The van der Waals surface area contributed by atoms with Gasteiger partial charge in [0.05, 0.1) is 18.8 Å². The molecule has 0 saturated carbocycles. The molecule has 1 saturated heterocycles. The fraction of sp³-hybridized carbons (Fsp3) is 0.778. The molecule has 0 bridgehead atoms. The van der Waals surface area contributed by atoms with Gasteiger partial charge in [-0.15, -0.1) is 6.42 Å². The number of aliphatic hydroxyl groups is 1. The van der Waals surface area contributed by atoms with Crippen molar-refractivity contribution in [2.24, 2.45) is 0 Å². The van der Waals surface area contributed by atoms with Crippen LogP contribution in [0, 0.1) is 12.3 Å². The van der Waals surface area contributed by atoms with Gasteiger partial charge in [-0.3, -0.25) is 0 Å². The van der Waals surface area contributed by atoms with Gasteiger partial charge in [-0.2, -0.15) is 0 Å². The lowest BCUT2D eigenvalue weighted by atomic mass is 10.1. The SMILES string of the molecule is C#CCO[C@@H]1C[C@H](C)O[C@@H]1CO. The summed E-state index contributed by atoms with van der Waals surface area (Å²) < 4.78 is 10.7. The lowest BCUT2D eigenvalue weighted by molar-refractivity contribution is -0.0368. The number of aliphatic hydroxyl groups excluding tert-OH is 1. The van der Waals surface area contributed by atoms with Crippen LogP contribution in [0.1, 0.15) is 13.3 Å². The third-order valence-corrected chi connectivity index (χ3v) is 1.95. The summed E-state index contributed by atoms with van der Waals surface area (Å²) in [6.45, 7) is 2.25. The van der Waals surface area contributed by atoms with Crippen LogP contribution in [0.3, 0.4) is 0 Å². The quantitative estimate of drug-likeness (QED) is 0.614. The van der Waals surface area contributed by atoms with Crippen LogP contribution in [0.4, 0.5) is 0 Å². The molecule has 0 radical (unpaired) electrons. The molecule has 0 aromatic carbocycles. The van der Waals surface area contributed by atoms with E-state index in [1.165, 1.54) is 0 Å². The Hall–Kier alpha value is -0.560. The highest BCUT2D eigenvalue weighted by molar-refractivity contribution is 4.87. The van der Waals surface area contributed by atoms with E-state index < -0.39 is 0 Å². The van der Waals surface area contributed by atoms with Crippen LogP contribution in [-0.2, 0) is 9.47 Å². The number of hydrogen-bond donors (Lipinski definition) is 1. The minimum Gasteiger partial charge on any atom is -0.394 e. The highest BCUT2D eigenvalue weighted by Gasteiger charge is 2.32. The fourth-order valence-corrected chi connectivity index (χ4v) is 1.41. The highest BCUT2D eigenvalue weighted by atomic mass is 16.6. The normalized spacial score (nSPS) is 34.9. The van der Waals surface area contributed by atoms with Crippen LogP contribution in [0.15, 0.2) is 0 Å². The van der Waals surface area contributed by atoms with Gasteiger partial charge in [0.25, 0.3) is 0 Å². The molecule has 0 aromatic heterocycles. The minimum absolute atomic E-state index is 0.000419. The molecule has 0 amide bonds. The third kappa shape index (κ3) is 2.21. The van der Waals surface area contributed by atoms with Crippen LogP contribution < -0.4 is 0 Å². The molecule has 3 heteroatoms. The molecule has 0 aromatic rings. The fourth-order valence-electron chi connectivity index (χ4n) is 1.41. The number of hydrogen-bond acceptors (Lipinski definition) is 3. The molecule has 1 aliphatic heterocycles. The summed E-state index contributed by atoms with van der Waals surface area (Å²) in [5.41, 5.74) is 0. The first-order valence-corrected chi connectivity index (χ1v) is 4.09. The first kappa shape index (κ1) is 9.53. The second-order valence-corrected chi connectivity index (χ2v) is 2.96. The van der Waals surface area contributed by atoms with Gasteiger partial charge in [-0.25, -0.2) is 0 Å². The Morgan fingerprint density at radius 2 is 2.50 bits per heavy atom. The summed E-state index contributed by atoms with van der Waals surface area (Å²) in [6, 6.07) is 0. The van der Waals surface area contributed by atoms with Crippen LogP contribution in [-0.4, -0.2) is 36.6 Å². The van der Waals surface area contributed by atoms with Gasteiger partial charge >= 0.3 is 0 Å². The first-order valence-electron chi connectivity index (χ1n) is 4.09. The molecule has 1 fully saturated rings. The predicted octanol–water partition coefficient (Wildman–Crippen LogP) is 0.174. The smallest absolute Gasteiger partial charge is 0.107 e. The molecule has 1 N–H and O–H groups in total. The molecule has 0 unspecified atom stereocenters. The molecule has 3 nitrogen and oxygen atoms in total. The zero-order valence-corrected chi connectivity index (χ0v) is 7.19. The van der Waals surface area contributed by atoms with Gasteiger partial charge < -0.3 is 14.6 Å². The Bertz CT molecular complexity index is 173. The molecular weight excluding hydrogens is 156 g/mol. The maximum absolute atomic E-state index is 8.90. The van der Waals surface area contributed by atoms with Gasteiger partial charge in [0.1, 0.15) is 12.7 Å². The standard InChI is InChI=1S/C9H14O3/c1-3-4-11-8-5-7(2)12-9(8)6-10/h1,7-10H,4-6H2,2H3/t7-,8+,9+/m0/s1. The Kier molecular flexibility index (Phi) is 3.54. The average Bonchev–Trinajstić information content (AvgIpc) is 2.42. The average molecular weight is 170 g/mol. The van der Waals surface area contributed by atoms with Crippen molar-refractivity contribution in [3.8, 4) is 12.3 Å². The lowest BCUT2D eigenvalue weighted by Gasteiger charge is -2.14. The van der Waals surface area contributed by atoms with Crippen molar-refractivity contribution in [3.05, 3.63) is 0 Å². The monoisotopic (exact) mass is 170 g/mol. The second-order valence-electron chi connectivity index (χ2n) is 2.96. The zero-order chi connectivity index (χ0) is 8.97. The maximum atomic E-state index is 8.90. The summed E-state index contributed by atoms with van der Waals surface area (Å²) in [5.74, 6) is 2.39. The van der Waals surface area contributed by atoms with E-state index in [0.717, 1.165) is 6.42 Å². The molecule has 0 aliphatic carbocycles. The van der Waals surface area contributed by atoms with Crippen molar-refractivity contribution in [1.29, 1.82) is 0 Å². The van der Waals surface area contributed by atoms with E-state index in [9.17, 15) is 0 Å². The third-order valence-electron chi connectivity index (χ3n) is 1.95. The van der Waals surface area contributed by atoms with Crippen LogP contribution >= 0.6 is 0 Å². The summed E-state index contributed by atoms with van der Waals surface area (Å²) >= 11 is 0. The van der Waals surface area contributed by atoms with Gasteiger partial charge in [0.2, 0.25) is 0 Å². The summed E-state index contributed by atoms with van der Waals surface area (Å²) in [5, 5.41) is 8.90. The molecule has 1 aliphatic rings. The van der Waals surface area contributed by atoms with Crippen LogP contribution in [0.5, 0.6) is 0 Å². The largest absolute Gasteiger partial charge is 0.394 e. The second kappa shape index (κ2) is 4.46. The Morgan fingerprint density at radius 1 is 1.75 bits per heavy atom. The van der Waals surface area contributed by atoms with Crippen molar-refractivity contribution >= 4 is 0 Å². The summed E-state index contributed by atoms with van der Waals surface area (Å²) in [4.78, 5) is 0. The molecule has 0 spiro atoms. The van der Waals surface area contributed by atoms with E-state index in [1.54, 1.807) is 0 Å². The van der Waals surface area contributed by atoms with E-state index in [2.05, 4.69) is 5.92 Å². The van der Waals surface area contributed by atoms with Crippen LogP contribution in [0.25, 0.3) is 0 Å².